The van der Waals surface area contributed by atoms with E-state index in [4.69, 9.17) is 18.9 Å². The van der Waals surface area contributed by atoms with Crippen molar-refractivity contribution < 1.29 is 28.5 Å². The molecule has 6 heteroatoms. The van der Waals surface area contributed by atoms with Gasteiger partial charge in [0.05, 0.1) is 6.10 Å². The molecule has 0 aliphatic heterocycles. The van der Waals surface area contributed by atoms with Crippen molar-refractivity contribution in [2.75, 3.05) is 20.8 Å². The molecule has 0 amide bonds. The van der Waals surface area contributed by atoms with Crippen molar-refractivity contribution in [2.45, 2.75) is 96.7 Å². The zero-order valence-electron chi connectivity index (χ0n) is 18.0. The van der Waals surface area contributed by atoms with Gasteiger partial charge in [0.2, 0.25) is 0 Å². The van der Waals surface area contributed by atoms with Crippen LogP contribution < -0.4 is 0 Å². The molecule has 0 aromatic carbocycles. The summed E-state index contributed by atoms with van der Waals surface area (Å²) in [5.41, 5.74) is 0. The van der Waals surface area contributed by atoms with Crippen LogP contribution >= 0.6 is 0 Å². The molecule has 2 atom stereocenters. The minimum atomic E-state index is -0.719. The third kappa shape index (κ3) is 9.79. The molecule has 1 rings (SSSR count). The molecule has 1 fully saturated rings. The number of carbonyl (C=O) groups is 2. The molecule has 1 aliphatic carbocycles. The van der Waals surface area contributed by atoms with Crippen LogP contribution in [0.2, 0.25) is 0 Å². The van der Waals surface area contributed by atoms with E-state index in [9.17, 15) is 9.59 Å². The molecular weight excluding hydrogens is 348 g/mol. The molecule has 2 unspecified atom stereocenters. The van der Waals surface area contributed by atoms with Crippen LogP contribution in [0.15, 0.2) is 0 Å². The van der Waals surface area contributed by atoms with Gasteiger partial charge in [0.25, 0.3) is 0 Å². The maximum absolute atomic E-state index is 12.2. The summed E-state index contributed by atoms with van der Waals surface area (Å²) in [5.74, 6) is -0.848. The molecule has 0 bridgehead atoms. The summed E-state index contributed by atoms with van der Waals surface area (Å²) in [6, 6.07) is 0. The van der Waals surface area contributed by atoms with Gasteiger partial charge in [-0.15, -0.1) is 0 Å². The van der Waals surface area contributed by atoms with Gasteiger partial charge in [0, 0.05) is 33.0 Å². The second-order valence-electron chi connectivity index (χ2n) is 8.33. The highest BCUT2D eigenvalue weighted by atomic mass is 16.7. The lowest BCUT2D eigenvalue weighted by molar-refractivity contribution is -0.221. The van der Waals surface area contributed by atoms with Crippen molar-refractivity contribution in [3.05, 3.63) is 0 Å². The van der Waals surface area contributed by atoms with Crippen LogP contribution in [0.4, 0.5) is 0 Å². The lowest BCUT2D eigenvalue weighted by atomic mass is 9.98. The Bertz CT molecular complexity index is 471. The van der Waals surface area contributed by atoms with Gasteiger partial charge in [-0.2, -0.15) is 0 Å². The summed E-state index contributed by atoms with van der Waals surface area (Å²) < 4.78 is 21.7. The topological polar surface area (TPSA) is 71.1 Å². The van der Waals surface area contributed by atoms with Gasteiger partial charge in [0.15, 0.2) is 17.4 Å². The summed E-state index contributed by atoms with van der Waals surface area (Å²) in [6.07, 6.45) is 6.59. The van der Waals surface area contributed by atoms with Crippen molar-refractivity contribution in [3.63, 3.8) is 0 Å². The van der Waals surface area contributed by atoms with Crippen molar-refractivity contribution in [3.8, 4) is 0 Å². The van der Waals surface area contributed by atoms with Gasteiger partial charge in [-0.25, -0.2) is 0 Å². The first-order valence-electron chi connectivity index (χ1n) is 10.0. The van der Waals surface area contributed by atoms with E-state index < -0.39 is 11.6 Å². The first-order valence-corrected chi connectivity index (χ1v) is 10.0. The molecule has 1 saturated carbocycles. The Morgan fingerprint density at radius 3 is 2.26 bits per heavy atom. The van der Waals surface area contributed by atoms with Gasteiger partial charge >= 0.3 is 0 Å². The van der Waals surface area contributed by atoms with E-state index in [0.29, 0.717) is 18.6 Å². The number of rotatable bonds is 14. The third-order valence-corrected chi connectivity index (χ3v) is 5.20. The van der Waals surface area contributed by atoms with E-state index in [0.717, 1.165) is 38.5 Å². The van der Waals surface area contributed by atoms with Crippen LogP contribution in [0.3, 0.4) is 0 Å². The van der Waals surface area contributed by atoms with Crippen LogP contribution in [0, 0.1) is 5.92 Å². The number of unbranched alkanes of at least 4 members (excludes halogenated alkanes) is 3. The fourth-order valence-corrected chi connectivity index (χ4v) is 3.19. The minimum absolute atomic E-state index is 0.0357. The number of hydrogen-bond donors (Lipinski definition) is 0. The SMILES string of the molecule is COC(C)(C)OCC(=O)CCCCCCC1CC(OC(C)(C)OC)CC1=O. The van der Waals surface area contributed by atoms with Crippen LogP contribution in [0.25, 0.3) is 0 Å². The lowest BCUT2D eigenvalue weighted by Gasteiger charge is -2.27. The quantitative estimate of drug-likeness (QED) is 0.331. The molecule has 0 aromatic heterocycles. The fraction of sp³-hybridized carbons (Fsp3) is 0.905. The normalized spacial score (nSPS) is 21.0. The van der Waals surface area contributed by atoms with Gasteiger partial charge in [0.1, 0.15) is 12.4 Å². The predicted octanol–water partition coefficient (Wildman–Crippen LogP) is 4.04. The maximum atomic E-state index is 12.2. The number of carbonyl (C=O) groups excluding carboxylic acids is 2. The van der Waals surface area contributed by atoms with E-state index in [-0.39, 0.29) is 24.4 Å². The Hall–Kier alpha value is -0.820. The molecule has 0 N–H and O–H groups in total. The van der Waals surface area contributed by atoms with Crippen LogP contribution in [-0.2, 0) is 28.5 Å². The highest BCUT2D eigenvalue weighted by molar-refractivity contribution is 5.83. The van der Waals surface area contributed by atoms with Gasteiger partial charge in [-0.3, -0.25) is 9.59 Å². The molecule has 1 aliphatic rings. The van der Waals surface area contributed by atoms with E-state index >= 15 is 0 Å². The van der Waals surface area contributed by atoms with Crippen LogP contribution in [0.5, 0.6) is 0 Å². The van der Waals surface area contributed by atoms with Crippen molar-refractivity contribution in [1.82, 2.24) is 0 Å². The first kappa shape index (κ1) is 24.2. The van der Waals surface area contributed by atoms with Crippen LogP contribution in [0.1, 0.15) is 79.1 Å². The Labute approximate surface area is 164 Å². The van der Waals surface area contributed by atoms with Gasteiger partial charge in [-0.05, 0) is 47.0 Å². The molecular formula is C21H38O6. The second kappa shape index (κ2) is 11.2. The van der Waals surface area contributed by atoms with Crippen LogP contribution in [-0.4, -0.2) is 50.1 Å². The highest BCUT2D eigenvalue weighted by Crippen LogP contribution is 2.31. The number of ketones is 2. The second-order valence-corrected chi connectivity index (χ2v) is 8.33. The lowest BCUT2D eigenvalue weighted by Crippen LogP contribution is -2.31. The maximum Gasteiger partial charge on any atom is 0.162 e. The molecule has 0 heterocycles. The van der Waals surface area contributed by atoms with E-state index in [1.807, 2.05) is 13.8 Å². The van der Waals surface area contributed by atoms with Crippen molar-refractivity contribution in [1.29, 1.82) is 0 Å². The minimum Gasteiger partial charge on any atom is -0.354 e. The van der Waals surface area contributed by atoms with Crippen molar-refractivity contribution >= 4 is 11.6 Å². The zero-order valence-corrected chi connectivity index (χ0v) is 18.0. The standard InChI is InChI=1S/C21H38O6/c1-20(2,24-5)26-15-17(22)12-10-8-7-9-11-16-13-18(14-19(16)23)27-21(3,4)25-6/h16,18H,7-15H2,1-6H3. The molecule has 27 heavy (non-hydrogen) atoms. The number of hydrogen-bond acceptors (Lipinski definition) is 6. The molecule has 0 spiro atoms. The van der Waals surface area contributed by atoms with E-state index in [1.54, 1.807) is 28.1 Å². The summed E-state index contributed by atoms with van der Waals surface area (Å²) in [4.78, 5) is 24.0. The number of ether oxygens (including phenoxy) is 4. The molecule has 0 aromatic rings. The summed E-state index contributed by atoms with van der Waals surface area (Å²) in [6.45, 7) is 7.41. The average molecular weight is 387 g/mol. The summed E-state index contributed by atoms with van der Waals surface area (Å²) >= 11 is 0. The monoisotopic (exact) mass is 386 g/mol. The summed E-state index contributed by atoms with van der Waals surface area (Å²) in [5, 5.41) is 0. The number of methoxy groups -OCH3 is 2. The largest absolute Gasteiger partial charge is 0.354 e. The average Bonchev–Trinajstić information content (AvgIpc) is 2.94. The van der Waals surface area contributed by atoms with Gasteiger partial charge < -0.3 is 18.9 Å². The number of Topliss-reactive ketones (excluding diaryl/α,β-unsaturated/α-hetero) is 2. The zero-order chi connectivity index (χ0) is 20.5. The Morgan fingerprint density at radius 2 is 1.63 bits per heavy atom. The summed E-state index contributed by atoms with van der Waals surface area (Å²) in [7, 11) is 3.18. The Kier molecular flexibility index (Phi) is 10.1. The molecule has 158 valence electrons. The predicted molar refractivity (Wildman–Crippen MR) is 103 cm³/mol. The fourth-order valence-electron chi connectivity index (χ4n) is 3.19. The van der Waals surface area contributed by atoms with E-state index in [1.165, 1.54) is 0 Å². The Balaban J connectivity index is 2.11. The molecule has 6 nitrogen and oxygen atoms in total. The first-order chi connectivity index (χ1) is 12.6. The van der Waals surface area contributed by atoms with Gasteiger partial charge in [-0.1, -0.05) is 19.3 Å². The Morgan fingerprint density at radius 1 is 1.00 bits per heavy atom. The highest BCUT2D eigenvalue weighted by Gasteiger charge is 2.35. The smallest absolute Gasteiger partial charge is 0.162 e. The van der Waals surface area contributed by atoms with E-state index in [2.05, 4.69) is 0 Å². The van der Waals surface area contributed by atoms with Crippen molar-refractivity contribution in [2.24, 2.45) is 5.92 Å². The molecule has 0 saturated heterocycles. The third-order valence-electron chi connectivity index (χ3n) is 5.20. The molecule has 0 radical (unpaired) electrons.